The Morgan fingerprint density at radius 2 is 2.06 bits per heavy atom. The van der Waals surface area contributed by atoms with E-state index < -0.39 is 12.0 Å². The summed E-state index contributed by atoms with van der Waals surface area (Å²) in [6.07, 6.45) is -2.06. The number of hydrogen-bond donors (Lipinski definition) is 1. The average molecular weight is 293 g/mol. The first kappa shape index (κ1) is 11.1. The van der Waals surface area contributed by atoms with Gasteiger partial charge >= 0.3 is 6.18 Å². The van der Waals surface area contributed by atoms with Crippen molar-refractivity contribution in [3.8, 4) is 11.4 Å². The zero-order valence-electron chi connectivity index (χ0n) is 7.59. The summed E-state index contributed by atoms with van der Waals surface area (Å²) >= 11 is 3.14. The second kappa shape index (κ2) is 3.85. The lowest BCUT2D eigenvalue weighted by Crippen LogP contribution is -2.11. The number of H-pyrrole nitrogens is 1. The van der Waals surface area contributed by atoms with Crippen LogP contribution in [0.25, 0.3) is 11.4 Å². The fourth-order valence-corrected chi connectivity index (χ4v) is 1.48. The van der Waals surface area contributed by atoms with Crippen LogP contribution in [0.3, 0.4) is 0 Å². The van der Waals surface area contributed by atoms with Crippen molar-refractivity contribution >= 4 is 15.9 Å². The van der Waals surface area contributed by atoms with E-state index in [-0.39, 0.29) is 5.69 Å². The van der Waals surface area contributed by atoms with E-state index in [1.54, 1.807) is 0 Å². The number of aromatic amines is 1. The van der Waals surface area contributed by atoms with Gasteiger partial charge < -0.3 is 0 Å². The lowest BCUT2D eigenvalue weighted by Gasteiger charge is -2.05. The van der Waals surface area contributed by atoms with Crippen molar-refractivity contribution in [2.24, 2.45) is 0 Å². The summed E-state index contributed by atoms with van der Waals surface area (Å²) in [7, 11) is 0. The maximum Gasteiger partial charge on any atom is 0.451 e. The van der Waals surface area contributed by atoms with Crippen molar-refractivity contribution in [3.63, 3.8) is 0 Å². The smallest absolute Gasteiger partial charge is 0.275 e. The highest BCUT2D eigenvalue weighted by Crippen LogP contribution is 2.29. The van der Waals surface area contributed by atoms with Gasteiger partial charge in [-0.2, -0.15) is 18.3 Å². The quantitative estimate of drug-likeness (QED) is 0.879. The normalized spacial score (nSPS) is 11.8. The molecule has 16 heavy (non-hydrogen) atoms. The Hall–Kier alpha value is -1.44. The molecule has 2 rings (SSSR count). The monoisotopic (exact) mass is 292 g/mol. The van der Waals surface area contributed by atoms with Crippen LogP contribution in [0.15, 0.2) is 22.9 Å². The standard InChI is InChI=1S/C8H4BrF3N4/c9-4-3-14-16-6(4)5-1-2-13-7(15-5)8(10,11)12/h1-3H,(H,14,16). The van der Waals surface area contributed by atoms with Crippen molar-refractivity contribution in [2.45, 2.75) is 6.18 Å². The molecule has 0 aliphatic heterocycles. The summed E-state index contributed by atoms with van der Waals surface area (Å²) in [5.74, 6) is -1.17. The second-order valence-corrected chi connectivity index (χ2v) is 3.71. The molecule has 0 atom stereocenters. The van der Waals surface area contributed by atoms with Crippen LogP contribution < -0.4 is 0 Å². The van der Waals surface area contributed by atoms with E-state index in [2.05, 4.69) is 36.1 Å². The number of rotatable bonds is 1. The number of hydrogen-bond acceptors (Lipinski definition) is 3. The fourth-order valence-electron chi connectivity index (χ4n) is 1.09. The summed E-state index contributed by atoms with van der Waals surface area (Å²) in [6, 6.07) is 1.37. The predicted molar refractivity (Wildman–Crippen MR) is 52.3 cm³/mol. The van der Waals surface area contributed by atoms with E-state index in [1.807, 2.05) is 0 Å². The minimum atomic E-state index is -4.55. The Bertz CT molecular complexity index is 508. The molecule has 8 heteroatoms. The number of halogens is 4. The minimum absolute atomic E-state index is 0.131. The molecule has 0 spiro atoms. The van der Waals surface area contributed by atoms with Crippen molar-refractivity contribution in [2.75, 3.05) is 0 Å². The van der Waals surface area contributed by atoms with E-state index in [4.69, 9.17) is 0 Å². The van der Waals surface area contributed by atoms with Gasteiger partial charge in [0.25, 0.3) is 0 Å². The molecule has 0 aromatic carbocycles. The Balaban J connectivity index is 2.49. The van der Waals surface area contributed by atoms with E-state index in [0.717, 1.165) is 6.20 Å². The highest BCUT2D eigenvalue weighted by Gasteiger charge is 2.34. The Morgan fingerprint density at radius 1 is 1.31 bits per heavy atom. The molecular weight excluding hydrogens is 289 g/mol. The van der Waals surface area contributed by atoms with Crippen molar-refractivity contribution in [1.29, 1.82) is 0 Å². The van der Waals surface area contributed by atoms with Gasteiger partial charge in [0.1, 0.15) is 0 Å². The molecule has 84 valence electrons. The third-order valence-electron chi connectivity index (χ3n) is 1.76. The van der Waals surface area contributed by atoms with E-state index in [9.17, 15) is 13.2 Å². The molecule has 0 fully saturated rings. The van der Waals surface area contributed by atoms with Crippen LogP contribution in [0, 0.1) is 0 Å². The highest BCUT2D eigenvalue weighted by molar-refractivity contribution is 9.10. The molecule has 4 nitrogen and oxygen atoms in total. The molecular formula is C8H4BrF3N4. The van der Waals surface area contributed by atoms with Crippen LogP contribution in [-0.4, -0.2) is 20.2 Å². The largest absolute Gasteiger partial charge is 0.451 e. The lowest BCUT2D eigenvalue weighted by molar-refractivity contribution is -0.144. The van der Waals surface area contributed by atoms with Gasteiger partial charge in [-0.25, -0.2) is 9.97 Å². The number of alkyl halides is 3. The molecule has 0 unspecified atom stereocenters. The molecule has 0 aliphatic carbocycles. The van der Waals surface area contributed by atoms with Gasteiger partial charge in [0, 0.05) is 6.20 Å². The van der Waals surface area contributed by atoms with Crippen molar-refractivity contribution in [1.82, 2.24) is 20.2 Å². The number of nitrogens with one attached hydrogen (secondary N) is 1. The Kier molecular flexibility index (Phi) is 2.66. The average Bonchev–Trinajstić information content (AvgIpc) is 2.63. The molecule has 2 aromatic heterocycles. The molecule has 0 amide bonds. The number of nitrogens with zero attached hydrogens (tertiary/aromatic N) is 3. The zero-order chi connectivity index (χ0) is 11.8. The van der Waals surface area contributed by atoms with E-state index >= 15 is 0 Å². The molecule has 0 radical (unpaired) electrons. The van der Waals surface area contributed by atoms with Crippen LogP contribution in [0.4, 0.5) is 13.2 Å². The van der Waals surface area contributed by atoms with Crippen LogP contribution in [0.2, 0.25) is 0 Å². The Labute approximate surface area is 96.1 Å². The van der Waals surface area contributed by atoms with Crippen LogP contribution >= 0.6 is 15.9 Å². The summed E-state index contributed by atoms with van der Waals surface area (Å²) in [5, 5.41) is 6.22. The molecule has 0 aliphatic rings. The summed E-state index contributed by atoms with van der Waals surface area (Å²) < 4.78 is 37.6. The van der Waals surface area contributed by atoms with Gasteiger partial charge in [0.05, 0.1) is 22.1 Å². The minimum Gasteiger partial charge on any atom is -0.275 e. The molecule has 0 saturated carbocycles. The van der Waals surface area contributed by atoms with E-state index in [1.165, 1.54) is 12.3 Å². The lowest BCUT2D eigenvalue weighted by atomic mass is 10.3. The van der Waals surface area contributed by atoms with Gasteiger partial charge in [-0.1, -0.05) is 0 Å². The topological polar surface area (TPSA) is 54.5 Å². The van der Waals surface area contributed by atoms with Gasteiger partial charge in [0.2, 0.25) is 5.82 Å². The maximum absolute atomic E-state index is 12.3. The van der Waals surface area contributed by atoms with Crippen LogP contribution in [-0.2, 0) is 6.18 Å². The zero-order valence-corrected chi connectivity index (χ0v) is 9.17. The molecule has 2 aromatic rings. The first-order chi connectivity index (χ1) is 7.48. The van der Waals surface area contributed by atoms with Crippen molar-refractivity contribution in [3.05, 3.63) is 28.8 Å². The second-order valence-electron chi connectivity index (χ2n) is 2.86. The van der Waals surface area contributed by atoms with Crippen molar-refractivity contribution < 1.29 is 13.2 Å². The highest BCUT2D eigenvalue weighted by atomic mass is 79.9. The summed E-state index contributed by atoms with van der Waals surface area (Å²) in [5.41, 5.74) is 0.514. The summed E-state index contributed by atoms with van der Waals surface area (Å²) in [4.78, 5) is 6.57. The van der Waals surface area contributed by atoms with Crippen LogP contribution in [0.5, 0.6) is 0 Å². The third-order valence-corrected chi connectivity index (χ3v) is 2.36. The molecule has 2 heterocycles. The number of aromatic nitrogens is 4. The first-order valence-corrected chi connectivity index (χ1v) is 4.87. The maximum atomic E-state index is 12.3. The van der Waals surface area contributed by atoms with E-state index in [0.29, 0.717) is 10.2 Å². The first-order valence-electron chi connectivity index (χ1n) is 4.08. The van der Waals surface area contributed by atoms with Gasteiger partial charge in [0.15, 0.2) is 0 Å². The fraction of sp³-hybridized carbons (Fsp3) is 0.125. The third kappa shape index (κ3) is 2.06. The predicted octanol–water partition coefficient (Wildman–Crippen LogP) is 2.65. The van der Waals surface area contributed by atoms with Gasteiger partial charge in [-0.05, 0) is 22.0 Å². The molecule has 0 saturated heterocycles. The molecule has 1 N–H and O–H groups in total. The van der Waals surface area contributed by atoms with Gasteiger partial charge in [-0.3, -0.25) is 5.10 Å². The molecule has 0 bridgehead atoms. The Morgan fingerprint density at radius 3 is 2.62 bits per heavy atom. The van der Waals surface area contributed by atoms with Gasteiger partial charge in [-0.15, -0.1) is 0 Å². The SMILES string of the molecule is FC(F)(F)c1nccc(-c2[nH]ncc2Br)n1. The summed E-state index contributed by atoms with van der Waals surface area (Å²) in [6.45, 7) is 0. The van der Waals surface area contributed by atoms with Crippen LogP contribution in [0.1, 0.15) is 5.82 Å².